The number of sulfonamides is 1. The lowest BCUT2D eigenvalue weighted by Gasteiger charge is -2.32. The highest BCUT2D eigenvalue weighted by Crippen LogP contribution is 2.33. The summed E-state index contributed by atoms with van der Waals surface area (Å²) in [5, 5.41) is 2.90. The lowest BCUT2D eigenvalue weighted by molar-refractivity contribution is -0.139. The molecule has 204 valence electrons. The minimum absolute atomic E-state index is 0.0719. The van der Waals surface area contributed by atoms with Crippen molar-refractivity contribution >= 4 is 27.5 Å². The van der Waals surface area contributed by atoms with Crippen molar-refractivity contribution in [1.82, 2.24) is 10.2 Å². The monoisotopic (exact) mass is 535 g/mol. The third-order valence-electron chi connectivity index (χ3n) is 5.99. The number of hydrogen-bond donors (Lipinski definition) is 1. The highest BCUT2D eigenvalue weighted by Gasteiger charge is 2.31. The van der Waals surface area contributed by atoms with Gasteiger partial charge in [-0.15, -0.1) is 0 Å². The molecule has 0 aromatic heterocycles. The first-order chi connectivity index (χ1) is 17.4. The third kappa shape index (κ3) is 8.01. The summed E-state index contributed by atoms with van der Waals surface area (Å²) in [6.07, 6.45) is 1.73. The fourth-order valence-corrected chi connectivity index (χ4v) is 4.45. The van der Waals surface area contributed by atoms with Gasteiger partial charge in [0, 0.05) is 18.7 Å². The van der Waals surface area contributed by atoms with Crippen LogP contribution in [0.4, 0.5) is 5.69 Å². The Morgan fingerprint density at radius 2 is 1.62 bits per heavy atom. The van der Waals surface area contributed by atoms with Crippen molar-refractivity contribution in [1.29, 1.82) is 0 Å². The van der Waals surface area contributed by atoms with Gasteiger partial charge in [-0.25, -0.2) is 8.42 Å². The van der Waals surface area contributed by atoms with E-state index in [0.717, 1.165) is 22.5 Å². The number of anilines is 1. The zero-order valence-electron chi connectivity index (χ0n) is 22.5. The SMILES string of the molecule is CC[C@H](C)NC(=O)[C@H](C)N(Cc1cccc(OC)c1)C(=O)CN(c1ccc(OC)cc1OC)S(C)(=O)=O. The average molecular weight is 536 g/mol. The van der Waals surface area contributed by atoms with Crippen LogP contribution >= 0.6 is 0 Å². The molecule has 0 fully saturated rings. The van der Waals surface area contributed by atoms with Crippen molar-refractivity contribution in [3.05, 3.63) is 48.0 Å². The Morgan fingerprint density at radius 3 is 2.19 bits per heavy atom. The molecule has 0 radical (unpaired) electrons. The summed E-state index contributed by atoms with van der Waals surface area (Å²) in [5.41, 5.74) is 0.904. The standard InChI is InChI=1S/C26H37N3O7S/c1-8-18(2)27-26(31)19(3)28(16-20-10-9-11-21(14-20)34-4)25(30)17-29(37(7,32)33)23-13-12-22(35-5)15-24(23)36-6/h9-15,18-19H,8,16-17H2,1-7H3,(H,27,31)/t18-,19-/m0/s1. The number of methoxy groups -OCH3 is 3. The second-order valence-electron chi connectivity index (χ2n) is 8.67. The van der Waals surface area contributed by atoms with Gasteiger partial charge in [0.2, 0.25) is 21.8 Å². The van der Waals surface area contributed by atoms with Crippen molar-refractivity contribution in [2.45, 2.75) is 45.8 Å². The molecular formula is C26H37N3O7S. The molecule has 2 rings (SSSR count). The van der Waals surface area contributed by atoms with E-state index in [1.807, 2.05) is 19.9 Å². The van der Waals surface area contributed by atoms with Gasteiger partial charge in [-0.05, 0) is 50.1 Å². The molecule has 2 aromatic carbocycles. The summed E-state index contributed by atoms with van der Waals surface area (Å²) >= 11 is 0. The van der Waals surface area contributed by atoms with Crippen LogP contribution < -0.4 is 23.8 Å². The number of amides is 2. The second-order valence-corrected chi connectivity index (χ2v) is 10.6. The van der Waals surface area contributed by atoms with Gasteiger partial charge >= 0.3 is 0 Å². The fourth-order valence-electron chi connectivity index (χ4n) is 3.60. The van der Waals surface area contributed by atoms with E-state index < -0.39 is 28.5 Å². The van der Waals surface area contributed by atoms with Gasteiger partial charge in [0.1, 0.15) is 29.8 Å². The van der Waals surface area contributed by atoms with E-state index in [1.165, 1.54) is 38.4 Å². The maximum Gasteiger partial charge on any atom is 0.244 e. The Morgan fingerprint density at radius 1 is 0.973 bits per heavy atom. The highest BCUT2D eigenvalue weighted by molar-refractivity contribution is 7.92. The molecule has 0 unspecified atom stereocenters. The van der Waals surface area contributed by atoms with Crippen LogP contribution in [0.1, 0.15) is 32.8 Å². The summed E-state index contributed by atoms with van der Waals surface area (Å²) in [5.74, 6) is 0.397. The summed E-state index contributed by atoms with van der Waals surface area (Å²) in [6.45, 7) is 4.98. The lowest BCUT2D eigenvalue weighted by Crippen LogP contribution is -2.52. The van der Waals surface area contributed by atoms with Crippen LogP contribution in [-0.2, 0) is 26.2 Å². The Hall–Kier alpha value is -3.47. The summed E-state index contributed by atoms with van der Waals surface area (Å²) in [7, 11) is 0.512. The highest BCUT2D eigenvalue weighted by atomic mass is 32.2. The van der Waals surface area contributed by atoms with E-state index in [0.29, 0.717) is 11.5 Å². The van der Waals surface area contributed by atoms with Crippen LogP contribution in [0, 0.1) is 0 Å². The van der Waals surface area contributed by atoms with Crippen molar-refractivity contribution in [3.8, 4) is 17.2 Å². The van der Waals surface area contributed by atoms with E-state index >= 15 is 0 Å². The lowest BCUT2D eigenvalue weighted by atomic mass is 10.1. The first-order valence-electron chi connectivity index (χ1n) is 11.9. The van der Waals surface area contributed by atoms with Crippen LogP contribution in [0.3, 0.4) is 0 Å². The summed E-state index contributed by atoms with van der Waals surface area (Å²) < 4.78 is 42.5. The molecule has 0 bridgehead atoms. The smallest absolute Gasteiger partial charge is 0.244 e. The largest absolute Gasteiger partial charge is 0.497 e. The Kier molecular flexibility index (Phi) is 10.6. The van der Waals surface area contributed by atoms with Gasteiger partial charge < -0.3 is 24.4 Å². The van der Waals surface area contributed by atoms with E-state index in [2.05, 4.69) is 5.32 Å². The van der Waals surface area contributed by atoms with Crippen molar-refractivity contribution < 1.29 is 32.2 Å². The van der Waals surface area contributed by atoms with E-state index in [9.17, 15) is 18.0 Å². The van der Waals surface area contributed by atoms with Crippen LogP contribution in [0.25, 0.3) is 0 Å². The van der Waals surface area contributed by atoms with Crippen LogP contribution in [0.2, 0.25) is 0 Å². The van der Waals surface area contributed by atoms with Gasteiger partial charge in [-0.3, -0.25) is 13.9 Å². The minimum atomic E-state index is -3.91. The molecule has 11 heteroatoms. The van der Waals surface area contributed by atoms with E-state index in [1.54, 1.807) is 31.2 Å². The number of ether oxygens (including phenoxy) is 3. The molecule has 0 saturated heterocycles. The van der Waals surface area contributed by atoms with E-state index in [4.69, 9.17) is 14.2 Å². The normalized spacial score (nSPS) is 12.7. The van der Waals surface area contributed by atoms with Crippen LogP contribution in [0.15, 0.2) is 42.5 Å². The number of rotatable bonds is 13. The topological polar surface area (TPSA) is 114 Å². The number of carbonyl (C=O) groups is 2. The molecule has 2 amide bonds. The first-order valence-corrected chi connectivity index (χ1v) is 13.7. The Bertz CT molecular complexity index is 1190. The third-order valence-corrected chi connectivity index (χ3v) is 7.12. The Labute approximate surface area is 219 Å². The van der Waals surface area contributed by atoms with Gasteiger partial charge in [0.15, 0.2) is 0 Å². The predicted octanol–water partition coefficient (Wildman–Crippen LogP) is 2.81. The van der Waals surface area contributed by atoms with Crippen molar-refractivity contribution in [3.63, 3.8) is 0 Å². The van der Waals surface area contributed by atoms with Crippen LogP contribution in [0.5, 0.6) is 17.2 Å². The van der Waals surface area contributed by atoms with Gasteiger partial charge in [0.25, 0.3) is 0 Å². The molecule has 0 aliphatic rings. The predicted molar refractivity (Wildman–Crippen MR) is 143 cm³/mol. The molecule has 0 spiro atoms. The summed E-state index contributed by atoms with van der Waals surface area (Å²) in [4.78, 5) is 28.1. The van der Waals surface area contributed by atoms with Crippen LogP contribution in [-0.4, -0.2) is 71.3 Å². The average Bonchev–Trinajstić information content (AvgIpc) is 2.88. The molecule has 0 heterocycles. The molecule has 10 nitrogen and oxygen atoms in total. The maximum absolute atomic E-state index is 13.7. The summed E-state index contributed by atoms with van der Waals surface area (Å²) in [6, 6.07) is 10.8. The van der Waals surface area contributed by atoms with Crippen molar-refractivity contribution in [2.75, 3.05) is 38.4 Å². The van der Waals surface area contributed by atoms with Crippen molar-refractivity contribution in [2.24, 2.45) is 0 Å². The van der Waals surface area contributed by atoms with E-state index in [-0.39, 0.29) is 29.9 Å². The maximum atomic E-state index is 13.7. The second kappa shape index (κ2) is 13.2. The quantitative estimate of drug-likeness (QED) is 0.419. The zero-order valence-corrected chi connectivity index (χ0v) is 23.3. The number of hydrogen-bond acceptors (Lipinski definition) is 7. The number of carbonyl (C=O) groups excluding carboxylic acids is 2. The van der Waals surface area contributed by atoms with Gasteiger partial charge in [-0.1, -0.05) is 19.1 Å². The number of benzene rings is 2. The van der Waals surface area contributed by atoms with Gasteiger partial charge in [-0.2, -0.15) is 0 Å². The molecule has 0 saturated carbocycles. The molecule has 37 heavy (non-hydrogen) atoms. The fraction of sp³-hybridized carbons (Fsp3) is 0.462. The molecule has 0 aliphatic heterocycles. The zero-order chi connectivity index (χ0) is 27.8. The van der Waals surface area contributed by atoms with Gasteiger partial charge in [0.05, 0.1) is 33.3 Å². The molecule has 2 aromatic rings. The number of nitrogens with one attached hydrogen (secondary N) is 1. The molecule has 1 N–H and O–H groups in total. The Balaban J connectivity index is 2.47. The first kappa shape index (κ1) is 29.8. The molecule has 0 aliphatic carbocycles. The minimum Gasteiger partial charge on any atom is -0.497 e. The number of nitrogens with zero attached hydrogens (tertiary/aromatic N) is 2. The molecular weight excluding hydrogens is 498 g/mol. The molecule has 2 atom stereocenters.